The molecular weight excluding hydrogens is 1370 g/mol. The number of pyridine rings is 2. The van der Waals surface area contributed by atoms with Crippen LogP contribution in [0, 0.1) is 0 Å². The topological polar surface area (TPSA) is 525 Å². The number of carbonyl (C=O) groups excluding carboxylic acids is 9. The van der Waals surface area contributed by atoms with Gasteiger partial charge < -0.3 is 92.6 Å². The minimum absolute atomic E-state index is 0.00829. The number of rotatable bonds is 37. The lowest BCUT2D eigenvalue weighted by Crippen LogP contribution is -2.58. The number of carbonyl (C=O) groups is 14. The summed E-state index contributed by atoms with van der Waals surface area (Å²) in [6, 6.07) is 14.7. The van der Waals surface area contributed by atoms with Crippen molar-refractivity contribution in [3.05, 3.63) is 148 Å². The van der Waals surface area contributed by atoms with Crippen molar-refractivity contribution >= 4 is 116 Å². The molecule has 8 atom stereocenters. The number of urea groups is 1. The van der Waals surface area contributed by atoms with Gasteiger partial charge in [0.15, 0.2) is 0 Å². The predicted molar refractivity (Wildman–Crippen MR) is 356 cm³/mol. The number of carboxylic acid groups (broad SMARTS) is 5. The van der Waals surface area contributed by atoms with Crippen molar-refractivity contribution in [2.24, 2.45) is 5.73 Å². The lowest BCUT2D eigenvalue weighted by molar-refractivity contribution is -0.175. The van der Waals surface area contributed by atoms with E-state index < -0.39 is 176 Å². The average molecular weight is 1440 g/mol. The summed E-state index contributed by atoms with van der Waals surface area (Å²) in [4.78, 5) is 197. The Labute approximate surface area is 581 Å². The number of carboxylic acids is 5. The van der Waals surface area contributed by atoms with Crippen molar-refractivity contribution in [1.82, 2.24) is 52.1 Å². The fourth-order valence-corrected chi connectivity index (χ4v) is 12.4. The van der Waals surface area contributed by atoms with Crippen LogP contribution in [0.25, 0.3) is 22.3 Å². The van der Waals surface area contributed by atoms with E-state index in [0.29, 0.717) is 28.0 Å². The van der Waals surface area contributed by atoms with Gasteiger partial charge in [-0.3, -0.25) is 43.2 Å². The van der Waals surface area contributed by atoms with Crippen LogP contribution in [0.4, 0.5) is 9.59 Å². The van der Waals surface area contributed by atoms with Gasteiger partial charge in [0.05, 0.1) is 35.4 Å². The average Bonchev–Trinajstić information content (AvgIpc) is 1.67. The molecule has 2 aliphatic heterocycles. The Bertz CT molecular complexity index is 4070. The minimum atomic E-state index is -2.07. The van der Waals surface area contributed by atoms with Crippen LogP contribution in [0.5, 0.6) is 0 Å². The van der Waals surface area contributed by atoms with Crippen LogP contribution in [0.15, 0.2) is 114 Å². The molecule has 0 fully saturated rings. The second kappa shape index (κ2) is 36.4. The van der Waals surface area contributed by atoms with E-state index in [9.17, 15) is 92.3 Å². The Morgan fingerprint density at radius 3 is 1.87 bits per heavy atom. The number of para-hydroxylation sites is 1. The summed E-state index contributed by atoms with van der Waals surface area (Å²) in [5.74, 6) is -15.0. The van der Waals surface area contributed by atoms with E-state index >= 15 is 0 Å². The Kier molecular flexibility index (Phi) is 27.8. The van der Waals surface area contributed by atoms with Gasteiger partial charge in [0, 0.05) is 72.5 Å². The number of fused-ring (bicyclic) bond motifs is 5. The zero-order valence-corrected chi connectivity index (χ0v) is 55.3. The SMILES string of the molecule is CC[C@@]1(OC(=O)OCCSSC[C@H](NC(=O)[C@H](CC(=O)O)NC(=O)[C@@H](N)CNC(=O)[C@H](Cc2ccccc2)NC(=O)[C@H](Cc2ccccc2)NC(=O)/C=C/NC(=O)CC[C@H](NC(=O)N[C@@H](CCC(=O)O)C(=O)O)C(=O)O)C(=O)O)C(=O)OCc2c1cc1n(c2=O)Cc2cc3ccccc3nc2-1. The van der Waals surface area contributed by atoms with Gasteiger partial charge in [-0.15, -0.1) is 0 Å². The van der Waals surface area contributed by atoms with Crippen LogP contribution in [0.2, 0.25) is 0 Å². The maximum atomic E-state index is 14.2. The first-order valence-corrected chi connectivity index (χ1v) is 33.6. The van der Waals surface area contributed by atoms with Gasteiger partial charge in [-0.1, -0.05) is 107 Å². The highest BCUT2D eigenvalue weighted by molar-refractivity contribution is 8.76. The molecule has 8 amide bonds. The number of esters is 1. The van der Waals surface area contributed by atoms with Gasteiger partial charge in [0.1, 0.15) is 55.5 Å². The number of nitrogens with two attached hydrogens (primary N) is 1. The van der Waals surface area contributed by atoms with E-state index in [1.807, 2.05) is 41.0 Å². The smallest absolute Gasteiger partial charge is 0.481 e. The second-order valence-corrected chi connectivity index (χ2v) is 25.4. The summed E-state index contributed by atoms with van der Waals surface area (Å²) in [5, 5.41) is 66.4. The standard InChI is InChI=1S/C65H71N11O23S2/c1-2-65(39-28-48-53-37(27-36-15-9-10-16-41(36)70-53)31-76(48)58(87)38(39)32-98-62(65)94)99-64(96)97-23-24-100-101-33-47(61(92)93)73-57(86)46(29-52(81)82)71-54(83)40(66)30-68-55(84)44(25-34-11-5-3-6-12-34)72-56(85)45(26-35-13-7-4-8-14-35)69-50(78)21-22-67-49(77)19-17-42(59(88)89)74-63(95)75-43(60(90)91)18-20-51(79)80/h3-16,21-22,27-28,40,42-47H,2,17-20,23-26,29-33,66H2,1H3,(H,67,77)(H,68,84)(H,69,78)(H,71,83)(H,72,85)(H,73,86)(H,79,80)(H,81,82)(H,88,89)(H,90,91)(H,92,93)(H2,74,75,95)/b22-21+/t40-,42-,43-,44-,45-,46-,47-,65-/m0/s1. The van der Waals surface area contributed by atoms with Crippen LogP contribution in [0.3, 0.4) is 0 Å². The number of benzene rings is 3. The molecule has 0 spiro atoms. The van der Waals surface area contributed by atoms with Crippen LogP contribution < -0.4 is 53.8 Å². The molecule has 2 aliphatic rings. The number of nitrogens with one attached hydrogen (secondary N) is 8. The van der Waals surface area contributed by atoms with E-state index in [1.54, 1.807) is 73.7 Å². The van der Waals surface area contributed by atoms with Crippen molar-refractivity contribution in [2.75, 3.05) is 24.7 Å². The molecule has 101 heavy (non-hydrogen) atoms. The molecule has 0 saturated carbocycles. The maximum Gasteiger partial charge on any atom is 0.509 e. The fraction of sp³-hybridized carbons (Fsp3) is 0.354. The third-order valence-corrected chi connectivity index (χ3v) is 18.0. The molecule has 0 bridgehead atoms. The third kappa shape index (κ3) is 21.8. The minimum Gasteiger partial charge on any atom is -0.481 e. The summed E-state index contributed by atoms with van der Waals surface area (Å²) in [6.07, 6.45) is -3.33. The normalized spacial score (nSPS) is 15.5. The van der Waals surface area contributed by atoms with Crippen LogP contribution in [-0.2, 0) is 103 Å². The Balaban J connectivity index is 0.894. The zero-order valence-electron chi connectivity index (χ0n) is 53.7. The molecule has 15 N–H and O–H groups in total. The highest BCUT2D eigenvalue weighted by atomic mass is 33.1. The maximum absolute atomic E-state index is 14.2. The van der Waals surface area contributed by atoms with Crippen LogP contribution in [-0.4, -0.2) is 185 Å². The monoisotopic (exact) mass is 1440 g/mol. The molecule has 0 aliphatic carbocycles. The van der Waals surface area contributed by atoms with Crippen molar-refractivity contribution in [2.45, 2.75) is 119 Å². The van der Waals surface area contributed by atoms with E-state index in [-0.39, 0.29) is 61.7 Å². The first-order chi connectivity index (χ1) is 48.2. The summed E-state index contributed by atoms with van der Waals surface area (Å²) >= 11 is 0. The number of hydrogen-bond acceptors (Lipinski definition) is 22. The molecule has 0 saturated heterocycles. The number of aromatic nitrogens is 2. The number of amides is 8. The summed E-state index contributed by atoms with van der Waals surface area (Å²) in [7, 11) is 1.90. The van der Waals surface area contributed by atoms with E-state index in [2.05, 4.69) is 31.9 Å². The number of cyclic esters (lactones) is 1. The van der Waals surface area contributed by atoms with Crippen molar-refractivity contribution in [3.8, 4) is 11.4 Å². The number of aliphatic carboxylic acids is 5. The Morgan fingerprint density at radius 1 is 0.673 bits per heavy atom. The molecule has 0 unspecified atom stereocenters. The van der Waals surface area contributed by atoms with Gasteiger partial charge in [0.2, 0.25) is 41.0 Å². The predicted octanol–water partition coefficient (Wildman–Crippen LogP) is 0.530. The number of hydrogen-bond donors (Lipinski definition) is 14. The molecule has 4 heterocycles. The quantitative estimate of drug-likeness (QED) is 0.0109. The van der Waals surface area contributed by atoms with Crippen LogP contribution in [0.1, 0.15) is 73.3 Å². The largest absolute Gasteiger partial charge is 0.509 e. The van der Waals surface area contributed by atoms with Gasteiger partial charge >= 0.3 is 48.0 Å². The molecule has 34 nitrogen and oxygen atoms in total. The molecular formula is C65H71N11O23S2. The Morgan fingerprint density at radius 2 is 1.26 bits per heavy atom. The number of ether oxygens (including phenoxy) is 3. The molecule has 2 aromatic heterocycles. The van der Waals surface area contributed by atoms with Gasteiger partial charge in [-0.2, -0.15) is 0 Å². The summed E-state index contributed by atoms with van der Waals surface area (Å²) in [6.45, 7) is 0.398. The van der Waals surface area contributed by atoms with Crippen LogP contribution >= 0.6 is 21.6 Å². The molecule has 7 rings (SSSR count). The third-order valence-electron chi connectivity index (χ3n) is 15.6. The van der Waals surface area contributed by atoms with Crippen molar-refractivity contribution < 1.29 is 107 Å². The van der Waals surface area contributed by atoms with Crippen molar-refractivity contribution in [1.29, 1.82) is 0 Å². The van der Waals surface area contributed by atoms with Gasteiger partial charge in [-0.05, 0) is 48.6 Å². The first-order valence-electron chi connectivity index (χ1n) is 31.1. The summed E-state index contributed by atoms with van der Waals surface area (Å²) in [5.41, 5.74) is 7.33. The molecule has 3 aromatic carbocycles. The molecule has 36 heteroatoms. The van der Waals surface area contributed by atoms with E-state index in [1.165, 1.54) is 4.57 Å². The second-order valence-electron chi connectivity index (χ2n) is 22.7. The molecule has 0 radical (unpaired) electrons. The van der Waals surface area contributed by atoms with E-state index in [0.717, 1.165) is 44.8 Å². The van der Waals surface area contributed by atoms with Gasteiger partial charge in [-0.25, -0.2) is 33.8 Å². The lowest BCUT2D eigenvalue weighted by atomic mass is 9.85. The van der Waals surface area contributed by atoms with Gasteiger partial charge in [0.25, 0.3) is 5.56 Å². The number of nitrogens with zero attached hydrogens (tertiary/aromatic N) is 2. The Hall–Kier alpha value is -11.4. The van der Waals surface area contributed by atoms with Crippen molar-refractivity contribution in [3.63, 3.8) is 0 Å². The molecule has 536 valence electrons. The fourth-order valence-electron chi connectivity index (χ4n) is 10.4. The highest BCUT2D eigenvalue weighted by Crippen LogP contribution is 2.41. The first kappa shape index (κ1) is 77.0. The molecule has 5 aromatic rings. The lowest BCUT2D eigenvalue weighted by Gasteiger charge is -2.35. The van der Waals surface area contributed by atoms with E-state index in [4.69, 9.17) is 30.0 Å². The zero-order chi connectivity index (χ0) is 73.5. The highest BCUT2D eigenvalue weighted by Gasteiger charge is 2.51. The summed E-state index contributed by atoms with van der Waals surface area (Å²) < 4.78 is 17.9.